The molecule has 0 aliphatic carbocycles. The van der Waals surface area contributed by atoms with Crippen molar-refractivity contribution in [1.29, 1.82) is 0 Å². The highest BCUT2D eigenvalue weighted by Gasteiger charge is 2.13. The quantitative estimate of drug-likeness (QED) is 0.925. The van der Waals surface area contributed by atoms with Gasteiger partial charge in [-0.05, 0) is 41.9 Å². The molecule has 0 unspecified atom stereocenters. The maximum atomic E-state index is 12.0. The summed E-state index contributed by atoms with van der Waals surface area (Å²) in [6.45, 7) is 3.64. The number of amides is 1. The van der Waals surface area contributed by atoms with Crippen molar-refractivity contribution in [2.75, 3.05) is 5.32 Å². The fourth-order valence-corrected chi connectivity index (χ4v) is 1.79. The van der Waals surface area contributed by atoms with Gasteiger partial charge in [-0.3, -0.25) is 9.78 Å². The van der Waals surface area contributed by atoms with Crippen molar-refractivity contribution in [3.8, 4) is 0 Å². The third kappa shape index (κ3) is 2.89. The topological polar surface area (TPSA) is 67.8 Å². The molecule has 2 heterocycles. The van der Waals surface area contributed by atoms with Gasteiger partial charge in [0.15, 0.2) is 5.69 Å². The zero-order valence-electron chi connectivity index (χ0n) is 9.94. The smallest absolute Gasteiger partial charge is 0.277 e. The van der Waals surface area contributed by atoms with Crippen molar-refractivity contribution in [2.24, 2.45) is 0 Å². The van der Waals surface area contributed by atoms with Crippen LogP contribution in [0.25, 0.3) is 0 Å². The first-order valence-electron chi connectivity index (χ1n) is 5.29. The van der Waals surface area contributed by atoms with E-state index in [0.717, 1.165) is 5.69 Å². The maximum absolute atomic E-state index is 12.0. The third-order valence-corrected chi connectivity index (χ3v) is 2.80. The number of hydrogen-bond acceptors (Lipinski definition) is 4. The Kier molecular flexibility index (Phi) is 3.66. The van der Waals surface area contributed by atoms with Crippen LogP contribution in [0.2, 0.25) is 0 Å². The van der Waals surface area contributed by atoms with E-state index in [1.54, 1.807) is 31.5 Å². The lowest BCUT2D eigenvalue weighted by Crippen LogP contribution is -2.15. The van der Waals surface area contributed by atoms with Gasteiger partial charge >= 0.3 is 0 Å². The van der Waals surface area contributed by atoms with E-state index in [9.17, 15) is 4.79 Å². The number of pyridine rings is 1. The predicted octanol–water partition coefficient (Wildman–Crippen LogP) is 2.50. The van der Waals surface area contributed by atoms with Crippen molar-refractivity contribution < 1.29 is 4.79 Å². The van der Waals surface area contributed by atoms with Crippen molar-refractivity contribution in [3.63, 3.8) is 0 Å². The van der Waals surface area contributed by atoms with Crippen molar-refractivity contribution in [3.05, 3.63) is 46.2 Å². The van der Waals surface area contributed by atoms with Crippen molar-refractivity contribution in [2.45, 2.75) is 13.8 Å². The molecule has 0 saturated heterocycles. The first-order valence-corrected chi connectivity index (χ1v) is 6.08. The van der Waals surface area contributed by atoms with E-state index in [1.165, 1.54) is 0 Å². The van der Waals surface area contributed by atoms with Gasteiger partial charge in [-0.15, -0.1) is 0 Å². The molecule has 1 amide bonds. The van der Waals surface area contributed by atoms with Gasteiger partial charge in [-0.2, -0.15) is 0 Å². The lowest BCUT2D eigenvalue weighted by atomic mass is 10.3. The molecule has 92 valence electrons. The second kappa shape index (κ2) is 5.22. The molecule has 0 spiro atoms. The summed E-state index contributed by atoms with van der Waals surface area (Å²) in [6, 6.07) is 3.51. The molecule has 5 nitrogen and oxygen atoms in total. The summed E-state index contributed by atoms with van der Waals surface area (Å²) in [5.74, 6) is -0.302. The third-order valence-electron chi connectivity index (χ3n) is 2.22. The Bertz CT molecular complexity index is 600. The monoisotopic (exact) mass is 306 g/mol. The Morgan fingerprint density at radius 3 is 2.78 bits per heavy atom. The SMILES string of the molecule is Cc1cc(NC(=O)c2nc(C)cnc2Br)ccn1. The number of halogens is 1. The second-order valence-electron chi connectivity index (χ2n) is 3.79. The molecule has 2 rings (SSSR count). The summed E-state index contributed by atoms with van der Waals surface area (Å²) in [7, 11) is 0. The minimum atomic E-state index is -0.302. The van der Waals surface area contributed by atoms with E-state index < -0.39 is 0 Å². The van der Waals surface area contributed by atoms with Crippen LogP contribution in [0.3, 0.4) is 0 Å². The Balaban J connectivity index is 2.24. The summed E-state index contributed by atoms with van der Waals surface area (Å²) in [5, 5.41) is 2.76. The molecular formula is C12H11BrN4O. The van der Waals surface area contributed by atoms with Crippen LogP contribution in [0.15, 0.2) is 29.1 Å². The van der Waals surface area contributed by atoms with Crippen LogP contribution in [-0.4, -0.2) is 20.9 Å². The van der Waals surface area contributed by atoms with Gasteiger partial charge in [0.2, 0.25) is 0 Å². The van der Waals surface area contributed by atoms with Gasteiger partial charge in [0.1, 0.15) is 4.60 Å². The molecule has 0 aromatic carbocycles. The Hall–Kier alpha value is -1.82. The largest absolute Gasteiger partial charge is 0.320 e. The molecule has 0 atom stereocenters. The molecule has 2 aromatic rings. The van der Waals surface area contributed by atoms with Gasteiger partial charge in [0.05, 0.1) is 5.69 Å². The van der Waals surface area contributed by atoms with E-state index in [4.69, 9.17) is 0 Å². The minimum Gasteiger partial charge on any atom is -0.320 e. The minimum absolute atomic E-state index is 0.268. The molecule has 0 saturated carbocycles. The molecular weight excluding hydrogens is 296 g/mol. The molecule has 0 aliphatic rings. The van der Waals surface area contributed by atoms with Crippen molar-refractivity contribution >= 4 is 27.5 Å². The fraction of sp³-hybridized carbons (Fsp3) is 0.167. The first-order chi connectivity index (χ1) is 8.56. The zero-order chi connectivity index (χ0) is 13.1. The number of carbonyl (C=O) groups is 1. The molecule has 18 heavy (non-hydrogen) atoms. The average molecular weight is 307 g/mol. The van der Waals surface area contributed by atoms with E-state index >= 15 is 0 Å². The highest BCUT2D eigenvalue weighted by molar-refractivity contribution is 9.10. The number of aromatic nitrogens is 3. The Morgan fingerprint density at radius 1 is 1.28 bits per heavy atom. The van der Waals surface area contributed by atoms with E-state index in [2.05, 4.69) is 36.2 Å². The number of nitrogens with one attached hydrogen (secondary N) is 1. The van der Waals surface area contributed by atoms with Gasteiger partial charge in [-0.1, -0.05) is 0 Å². The number of rotatable bonds is 2. The molecule has 0 aliphatic heterocycles. The second-order valence-corrected chi connectivity index (χ2v) is 4.54. The summed E-state index contributed by atoms with van der Waals surface area (Å²) < 4.78 is 0.427. The molecule has 2 aromatic heterocycles. The molecule has 0 bridgehead atoms. The van der Waals surface area contributed by atoms with Crippen LogP contribution in [-0.2, 0) is 0 Å². The molecule has 6 heteroatoms. The van der Waals surface area contributed by atoms with Gasteiger partial charge in [0, 0.05) is 23.8 Å². The Labute approximate surface area is 113 Å². The summed E-state index contributed by atoms with van der Waals surface area (Å²) >= 11 is 3.21. The summed E-state index contributed by atoms with van der Waals surface area (Å²) in [6.07, 6.45) is 3.24. The molecule has 0 fully saturated rings. The number of carbonyl (C=O) groups excluding carboxylic acids is 1. The zero-order valence-corrected chi connectivity index (χ0v) is 11.5. The van der Waals surface area contributed by atoms with Gasteiger partial charge < -0.3 is 5.32 Å². The highest BCUT2D eigenvalue weighted by atomic mass is 79.9. The lowest BCUT2D eigenvalue weighted by molar-refractivity contribution is 0.102. The number of hydrogen-bond donors (Lipinski definition) is 1. The lowest BCUT2D eigenvalue weighted by Gasteiger charge is -2.06. The van der Waals surface area contributed by atoms with Gasteiger partial charge in [-0.25, -0.2) is 9.97 Å². The number of nitrogens with zero attached hydrogens (tertiary/aromatic N) is 3. The number of anilines is 1. The van der Waals surface area contributed by atoms with Crippen LogP contribution >= 0.6 is 15.9 Å². The Morgan fingerprint density at radius 2 is 2.06 bits per heavy atom. The normalized spacial score (nSPS) is 10.2. The predicted molar refractivity (Wildman–Crippen MR) is 71.4 cm³/mol. The number of aryl methyl sites for hydroxylation is 2. The van der Waals surface area contributed by atoms with Crippen LogP contribution < -0.4 is 5.32 Å². The van der Waals surface area contributed by atoms with Crippen molar-refractivity contribution in [1.82, 2.24) is 15.0 Å². The average Bonchev–Trinajstić information content (AvgIpc) is 2.32. The first kappa shape index (κ1) is 12.6. The van der Waals surface area contributed by atoms with E-state index in [0.29, 0.717) is 16.0 Å². The highest BCUT2D eigenvalue weighted by Crippen LogP contribution is 2.14. The van der Waals surface area contributed by atoms with Crippen LogP contribution in [0.1, 0.15) is 21.9 Å². The maximum Gasteiger partial charge on any atom is 0.277 e. The van der Waals surface area contributed by atoms with Crippen LogP contribution in [0.4, 0.5) is 5.69 Å². The van der Waals surface area contributed by atoms with E-state index in [1.807, 2.05) is 6.92 Å². The summed E-state index contributed by atoms with van der Waals surface area (Å²) in [4.78, 5) is 24.3. The summed E-state index contributed by atoms with van der Waals surface area (Å²) in [5.41, 5.74) is 2.48. The fourth-order valence-electron chi connectivity index (χ4n) is 1.42. The van der Waals surface area contributed by atoms with Crippen LogP contribution in [0.5, 0.6) is 0 Å². The molecule has 0 radical (unpaired) electrons. The molecule has 1 N–H and O–H groups in total. The van der Waals surface area contributed by atoms with Crippen LogP contribution in [0, 0.1) is 13.8 Å². The van der Waals surface area contributed by atoms with E-state index in [-0.39, 0.29) is 11.6 Å². The van der Waals surface area contributed by atoms with Gasteiger partial charge in [0.25, 0.3) is 5.91 Å². The standard InChI is InChI=1S/C12H11BrN4O/c1-7-5-9(3-4-14-7)17-12(18)10-11(13)15-6-8(2)16-10/h3-6H,1-2H3,(H,14,17,18).